The predicted molar refractivity (Wildman–Crippen MR) is 77.1 cm³/mol. The highest BCUT2D eigenvalue weighted by Gasteiger charge is 2.14. The first-order valence-electron chi connectivity index (χ1n) is 6.83. The third kappa shape index (κ3) is 4.20. The van der Waals surface area contributed by atoms with E-state index in [9.17, 15) is 9.18 Å². The standard InChI is InChI=1S/C15H23FN2O2/c1-5-13(8-19)18-15(20)17-11(4)12-6-9(2)14(16)10(3)7-12/h6-7,11,13,19H,5,8H2,1-4H3,(H2,17,18,20)/t11-,13-/m0/s1. The summed E-state index contributed by atoms with van der Waals surface area (Å²) in [5.74, 6) is -0.211. The van der Waals surface area contributed by atoms with E-state index in [-0.39, 0.29) is 30.5 Å². The molecule has 1 aromatic rings. The molecule has 1 aromatic carbocycles. The zero-order valence-corrected chi connectivity index (χ0v) is 12.5. The lowest BCUT2D eigenvalue weighted by Gasteiger charge is -2.19. The Hall–Kier alpha value is -1.62. The minimum atomic E-state index is -0.335. The number of aryl methyl sites for hydroxylation is 2. The minimum Gasteiger partial charge on any atom is -0.394 e. The van der Waals surface area contributed by atoms with Gasteiger partial charge in [-0.25, -0.2) is 9.18 Å². The maximum absolute atomic E-state index is 13.6. The van der Waals surface area contributed by atoms with Crippen molar-refractivity contribution in [2.45, 2.75) is 46.2 Å². The van der Waals surface area contributed by atoms with E-state index < -0.39 is 0 Å². The van der Waals surface area contributed by atoms with E-state index in [1.165, 1.54) is 0 Å². The van der Waals surface area contributed by atoms with Crippen LogP contribution >= 0.6 is 0 Å². The summed E-state index contributed by atoms with van der Waals surface area (Å²) in [5, 5.41) is 14.5. The molecule has 5 heteroatoms. The van der Waals surface area contributed by atoms with Crippen LogP contribution in [0.3, 0.4) is 0 Å². The molecule has 0 aliphatic rings. The molecule has 0 saturated carbocycles. The maximum atomic E-state index is 13.6. The third-order valence-electron chi connectivity index (χ3n) is 3.35. The lowest BCUT2D eigenvalue weighted by molar-refractivity contribution is 0.212. The number of halogens is 1. The largest absolute Gasteiger partial charge is 0.394 e. The molecule has 3 N–H and O–H groups in total. The smallest absolute Gasteiger partial charge is 0.315 e. The van der Waals surface area contributed by atoms with E-state index >= 15 is 0 Å². The van der Waals surface area contributed by atoms with Gasteiger partial charge in [0.1, 0.15) is 5.82 Å². The number of rotatable bonds is 5. The Morgan fingerprint density at radius 2 is 1.85 bits per heavy atom. The fourth-order valence-electron chi connectivity index (χ4n) is 2.01. The molecule has 2 amide bonds. The molecule has 0 fully saturated rings. The minimum absolute atomic E-state index is 0.0902. The SMILES string of the molecule is CC[C@@H](CO)NC(=O)N[C@@H](C)c1cc(C)c(F)c(C)c1. The Kier molecular flexibility index (Phi) is 5.95. The van der Waals surface area contributed by atoms with Crippen molar-refractivity contribution >= 4 is 6.03 Å². The number of hydrogen-bond acceptors (Lipinski definition) is 2. The zero-order valence-electron chi connectivity index (χ0n) is 12.5. The van der Waals surface area contributed by atoms with Crippen molar-refractivity contribution in [2.24, 2.45) is 0 Å². The van der Waals surface area contributed by atoms with Crippen molar-refractivity contribution in [3.63, 3.8) is 0 Å². The molecule has 0 radical (unpaired) electrons. The fourth-order valence-corrected chi connectivity index (χ4v) is 2.01. The molecule has 0 aromatic heterocycles. The number of urea groups is 1. The topological polar surface area (TPSA) is 61.4 Å². The lowest BCUT2D eigenvalue weighted by Crippen LogP contribution is -2.44. The number of aliphatic hydroxyl groups is 1. The van der Waals surface area contributed by atoms with Gasteiger partial charge in [-0.3, -0.25) is 0 Å². The van der Waals surface area contributed by atoms with Crippen LogP contribution < -0.4 is 10.6 Å². The summed E-state index contributed by atoms with van der Waals surface area (Å²) in [6, 6.07) is 2.65. The summed E-state index contributed by atoms with van der Waals surface area (Å²) < 4.78 is 13.6. The first-order chi connectivity index (χ1) is 9.38. The summed E-state index contributed by atoms with van der Waals surface area (Å²) in [6.07, 6.45) is 0.660. The van der Waals surface area contributed by atoms with Gasteiger partial charge in [0.05, 0.1) is 18.7 Å². The van der Waals surface area contributed by atoms with Crippen LogP contribution in [0.1, 0.15) is 43.0 Å². The van der Waals surface area contributed by atoms with E-state index in [1.807, 2.05) is 13.8 Å². The summed E-state index contributed by atoms with van der Waals surface area (Å²) in [4.78, 5) is 11.8. The summed E-state index contributed by atoms with van der Waals surface area (Å²) >= 11 is 0. The van der Waals surface area contributed by atoms with Gasteiger partial charge in [0.25, 0.3) is 0 Å². The van der Waals surface area contributed by atoms with Gasteiger partial charge in [0, 0.05) is 0 Å². The number of nitrogens with one attached hydrogen (secondary N) is 2. The Morgan fingerprint density at radius 1 is 1.30 bits per heavy atom. The number of amides is 2. The molecule has 0 saturated heterocycles. The van der Waals surface area contributed by atoms with Gasteiger partial charge in [-0.2, -0.15) is 0 Å². The Balaban J connectivity index is 2.71. The van der Waals surface area contributed by atoms with Crippen LogP contribution in [0.5, 0.6) is 0 Å². The normalized spacial score (nSPS) is 13.7. The highest BCUT2D eigenvalue weighted by Crippen LogP contribution is 2.19. The highest BCUT2D eigenvalue weighted by atomic mass is 19.1. The molecule has 20 heavy (non-hydrogen) atoms. The van der Waals surface area contributed by atoms with Crippen LogP contribution in [-0.4, -0.2) is 23.8 Å². The van der Waals surface area contributed by atoms with E-state index in [0.717, 1.165) is 5.56 Å². The molecule has 0 heterocycles. The van der Waals surface area contributed by atoms with Crippen LogP contribution in [0.15, 0.2) is 12.1 Å². The summed E-state index contributed by atoms with van der Waals surface area (Å²) in [7, 11) is 0. The molecule has 2 atom stereocenters. The predicted octanol–water partition coefficient (Wildman–Crippen LogP) is 2.57. The van der Waals surface area contributed by atoms with Gasteiger partial charge in [-0.1, -0.05) is 19.1 Å². The average Bonchev–Trinajstić information content (AvgIpc) is 2.41. The molecule has 4 nitrogen and oxygen atoms in total. The molecule has 0 aliphatic heterocycles. The van der Waals surface area contributed by atoms with Crippen LogP contribution in [-0.2, 0) is 0 Å². The molecule has 112 valence electrons. The number of carbonyl (C=O) groups is 1. The molecule has 0 spiro atoms. The Bertz CT molecular complexity index is 450. The summed E-state index contributed by atoms with van der Waals surface area (Å²) in [5.41, 5.74) is 1.99. The molecule has 1 rings (SSSR count). The van der Waals surface area contributed by atoms with Gasteiger partial charge in [0.15, 0.2) is 0 Å². The number of benzene rings is 1. The highest BCUT2D eigenvalue weighted by molar-refractivity contribution is 5.74. The van der Waals surface area contributed by atoms with Gasteiger partial charge < -0.3 is 15.7 Å². The molecular formula is C15H23FN2O2. The zero-order chi connectivity index (χ0) is 15.3. The first kappa shape index (κ1) is 16.4. The van der Waals surface area contributed by atoms with Gasteiger partial charge in [-0.15, -0.1) is 0 Å². The lowest BCUT2D eigenvalue weighted by atomic mass is 10.0. The van der Waals surface area contributed by atoms with Crippen LogP contribution in [0.4, 0.5) is 9.18 Å². The van der Waals surface area contributed by atoms with Crippen molar-refractivity contribution in [3.05, 3.63) is 34.6 Å². The van der Waals surface area contributed by atoms with Gasteiger partial charge in [0.2, 0.25) is 0 Å². The van der Waals surface area contributed by atoms with Gasteiger partial charge >= 0.3 is 6.03 Å². The fraction of sp³-hybridized carbons (Fsp3) is 0.533. The average molecular weight is 282 g/mol. The van der Waals surface area contributed by atoms with Crippen molar-refractivity contribution in [1.82, 2.24) is 10.6 Å². The Morgan fingerprint density at radius 3 is 2.30 bits per heavy atom. The second-order valence-corrected chi connectivity index (χ2v) is 5.10. The van der Waals surface area contributed by atoms with Crippen LogP contribution in [0, 0.1) is 19.7 Å². The summed E-state index contributed by atoms with van der Waals surface area (Å²) in [6.45, 7) is 7.05. The monoisotopic (exact) mass is 282 g/mol. The second kappa shape index (κ2) is 7.24. The van der Waals surface area contributed by atoms with Crippen LogP contribution in [0.2, 0.25) is 0 Å². The van der Waals surface area contributed by atoms with E-state index in [1.54, 1.807) is 26.0 Å². The number of aliphatic hydroxyl groups excluding tert-OH is 1. The van der Waals surface area contributed by atoms with Crippen molar-refractivity contribution in [3.8, 4) is 0 Å². The van der Waals surface area contributed by atoms with Crippen molar-refractivity contribution in [1.29, 1.82) is 0 Å². The molecule has 0 unspecified atom stereocenters. The Labute approximate surface area is 119 Å². The number of hydrogen-bond donors (Lipinski definition) is 3. The van der Waals surface area contributed by atoms with E-state index in [4.69, 9.17) is 5.11 Å². The quantitative estimate of drug-likeness (QED) is 0.777. The molecule has 0 aliphatic carbocycles. The number of carbonyl (C=O) groups excluding carboxylic acids is 1. The van der Waals surface area contributed by atoms with E-state index in [2.05, 4.69) is 10.6 Å². The maximum Gasteiger partial charge on any atom is 0.315 e. The van der Waals surface area contributed by atoms with E-state index in [0.29, 0.717) is 17.5 Å². The first-order valence-corrected chi connectivity index (χ1v) is 6.83. The van der Waals surface area contributed by atoms with Crippen molar-refractivity contribution < 1.29 is 14.3 Å². The molecule has 0 bridgehead atoms. The molecular weight excluding hydrogens is 259 g/mol. The van der Waals surface area contributed by atoms with Crippen LogP contribution in [0.25, 0.3) is 0 Å². The van der Waals surface area contributed by atoms with Gasteiger partial charge in [-0.05, 0) is 43.9 Å². The van der Waals surface area contributed by atoms with Crippen molar-refractivity contribution in [2.75, 3.05) is 6.61 Å². The third-order valence-corrected chi connectivity index (χ3v) is 3.35. The second-order valence-electron chi connectivity index (χ2n) is 5.10.